The van der Waals surface area contributed by atoms with Crippen molar-refractivity contribution in [3.63, 3.8) is 0 Å². The Hall–Kier alpha value is -1.10. The van der Waals surface area contributed by atoms with Gasteiger partial charge >= 0.3 is 5.97 Å². The number of carboxylic acid groups (broad SMARTS) is 1. The Morgan fingerprint density at radius 1 is 1.37 bits per heavy atom. The van der Waals surface area contributed by atoms with E-state index in [9.17, 15) is 9.59 Å². The van der Waals surface area contributed by atoms with E-state index in [0.29, 0.717) is 32.7 Å². The molecule has 0 bridgehead atoms. The molecule has 5 nitrogen and oxygen atoms in total. The number of aliphatic carboxylic acids is 1. The van der Waals surface area contributed by atoms with Gasteiger partial charge in [0.05, 0.1) is 17.9 Å². The first-order valence-electron chi connectivity index (χ1n) is 7.08. The zero-order valence-corrected chi connectivity index (χ0v) is 11.7. The lowest BCUT2D eigenvalue weighted by Gasteiger charge is -2.36. The van der Waals surface area contributed by atoms with Crippen LogP contribution < -0.4 is 0 Å². The van der Waals surface area contributed by atoms with Crippen LogP contribution in [0.1, 0.15) is 33.1 Å². The molecule has 0 aromatic carbocycles. The molecule has 1 heterocycles. The van der Waals surface area contributed by atoms with E-state index < -0.39 is 11.9 Å². The summed E-state index contributed by atoms with van der Waals surface area (Å²) >= 11 is 0. The molecule has 0 aromatic rings. The second-order valence-corrected chi connectivity index (χ2v) is 6.00. The second kappa shape index (κ2) is 5.49. The quantitative estimate of drug-likeness (QED) is 0.818. The average Bonchev–Trinajstić information content (AvgIpc) is 3.15. The van der Waals surface area contributed by atoms with Gasteiger partial charge in [-0.3, -0.25) is 9.59 Å². The molecule has 0 spiro atoms. The van der Waals surface area contributed by atoms with Crippen LogP contribution in [0.15, 0.2) is 0 Å². The molecule has 1 aliphatic heterocycles. The fourth-order valence-corrected chi connectivity index (χ4v) is 2.90. The van der Waals surface area contributed by atoms with Crippen molar-refractivity contribution in [1.29, 1.82) is 0 Å². The number of nitrogens with zero attached hydrogens (tertiary/aromatic N) is 1. The van der Waals surface area contributed by atoms with Gasteiger partial charge in [-0.25, -0.2) is 0 Å². The van der Waals surface area contributed by atoms with Crippen LogP contribution in [0.2, 0.25) is 0 Å². The molecule has 2 rings (SSSR count). The number of likely N-dealkylation sites (tertiary alicyclic amines) is 1. The Balaban J connectivity index is 2.00. The molecule has 2 unspecified atom stereocenters. The maximum Gasteiger partial charge on any atom is 0.308 e. The number of amides is 1. The minimum Gasteiger partial charge on any atom is -0.481 e. The average molecular weight is 269 g/mol. The normalized spacial score (nSPS) is 29.1. The van der Waals surface area contributed by atoms with E-state index >= 15 is 0 Å². The van der Waals surface area contributed by atoms with Gasteiger partial charge in [-0.15, -0.1) is 0 Å². The maximum absolute atomic E-state index is 12.6. The third-order valence-corrected chi connectivity index (χ3v) is 4.19. The molecule has 0 aromatic heterocycles. The molecule has 5 heteroatoms. The Morgan fingerprint density at radius 2 is 2.05 bits per heavy atom. The zero-order valence-electron chi connectivity index (χ0n) is 11.7. The lowest BCUT2D eigenvalue weighted by atomic mass is 9.89. The number of hydrogen-bond acceptors (Lipinski definition) is 3. The molecule has 0 radical (unpaired) electrons. The molecular weight excluding hydrogens is 246 g/mol. The molecule has 1 amide bonds. The van der Waals surface area contributed by atoms with E-state index in [0.717, 1.165) is 12.8 Å². The number of carboxylic acids is 1. The smallest absolute Gasteiger partial charge is 0.308 e. The predicted molar refractivity (Wildman–Crippen MR) is 69.6 cm³/mol. The first kappa shape index (κ1) is 14.3. The van der Waals surface area contributed by atoms with E-state index in [1.54, 1.807) is 4.90 Å². The molecular formula is C14H23NO4. The first-order valence-corrected chi connectivity index (χ1v) is 7.08. The molecule has 108 valence electrons. The van der Waals surface area contributed by atoms with Crippen molar-refractivity contribution in [2.45, 2.75) is 33.1 Å². The van der Waals surface area contributed by atoms with Gasteiger partial charge in [-0.1, -0.05) is 6.92 Å². The number of piperidine rings is 1. The van der Waals surface area contributed by atoms with Crippen LogP contribution in [0.4, 0.5) is 0 Å². The summed E-state index contributed by atoms with van der Waals surface area (Å²) in [4.78, 5) is 25.4. The molecule has 2 fully saturated rings. The van der Waals surface area contributed by atoms with Gasteiger partial charge in [0.25, 0.3) is 0 Å². The fraction of sp³-hybridized carbons (Fsp3) is 0.857. The molecule has 2 atom stereocenters. The van der Waals surface area contributed by atoms with Crippen molar-refractivity contribution in [3.8, 4) is 0 Å². The highest BCUT2D eigenvalue weighted by atomic mass is 16.5. The summed E-state index contributed by atoms with van der Waals surface area (Å²) in [6.45, 7) is 6.05. The number of hydrogen-bond donors (Lipinski definition) is 1. The van der Waals surface area contributed by atoms with Gasteiger partial charge in [0.15, 0.2) is 0 Å². The number of carbonyl (C=O) groups is 2. The molecule has 19 heavy (non-hydrogen) atoms. The Labute approximate surface area is 113 Å². The summed E-state index contributed by atoms with van der Waals surface area (Å²) in [5.74, 6) is -0.866. The lowest BCUT2D eigenvalue weighted by molar-refractivity contribution is -0.149. The van der Waals surface area contributed by atoms with Crippen LogP contribution in [0.5, 0.6) is 0 Å². The van der Waals surface area contributed by atoms with Crippen LogP contribution in [0.25, 0.3) is 0 Å². The van der Waals surface area contributed by atoms with Gasteiger partial charge in [0.1, 0.15) is 0 Å². The van der Waals surface area contributed by atoms with E-state index in [1.807, 2.05) is 13.8 Å². The highest BCUT2D eigenvalue weighted by Crippen LogP contribution is 2.48. The van der Waals surface area contributed by atoms with Crippen molar-refractivity contribution in [2.75, 3.05) is 26.3 Å². The van der Waals surface area contributed by atoms with Gasteiger partial charge in [0, 0.05) is 19.7 Å². The van der Waals surface area contributed by atoms with Gasteiger partial charge < -0.3 is 14.7 Å². The maximum atomic E-state index is 12.6. The highest BCUT2D eigenvalue weighted by Gasteiger charge is 2.52. The van der Waals surface area contributed by atoms with Gasteiger partial charge in [0.2, 0.25) is 5.91 Å². The van der Waals surface area contributed by atoms with Crippen LogP contribution in [-0.4, -0.2) is 48.2 Å². The van der Waals surface area contributed by atoms with E-state index in [2.05, 4.69) is 0 Å². The predicted octanol–water partition coefficient (Wildman–Crippen LogP) is 1.37. The first-order chi connectivity index (χ1) is 8.98. The summed E-state index contributed by atoms with van der Waals surface area (Å²) in [6, 6.07) is 0. The van der Waals surface area contributed by atoms with Gasteiger partial charge in [-0.2, -0.15) is 0 Å². The van der Waals surface area contributed by atoms with Crippen molar-refractivity contribution >= 4 is 11.9 Å². The third-order valence-electron chi connectivity index (χ3n) is 4.19. The molecule has 1 aliphatic carbocycles. The standard InChI is InChI=1S/C14H23NO4/c1-3-19-9-14(4-5-14)13(18)15-7-10(2)6-11(8-15)12(16)17/h10-11H,3-9H2,1-2H3,(H,16,17). The molecule has 1 saturated carbocycles. The van der Waals surface area contributed by atoms with Gasteiger partial charge in [-0.05, 0) is 32.1 Å². The fourth-order valence-electron chi connectivity index (χ4n) is 2.90. The minimum absolute atomic E-state index is 0.0961. The Kier molecular flexibility index (Phi) is 4.13. The zero-order chi connectivity index (χ0) is 14.0. The summed E-state index contributed by atoms with van der Waals surface area (Å²) in [7, 11) is 0. The van der Waals surface area contributed by atoms with E-state index in [-0.39, 0.29) is 17.2 Å². The largest absolute Gasteiger partial charge is 0.481 e. The summed E-state index contributed by atoms with van der Waals surface area (Å²) in [6.07, 6.45) is 2.40. The van der Waals surface area contributed by atoms with Crippen LogP contribution in [0, 0.1) is 17.3 Å². The molecule has 2 aliphatic rings. The van der Waals surface area contributed by atoms with E-state index in [1.165, 1.54) is 0 Å². The topological polar surface area (TPSA) is 66.8 Å². The SMILES string of the molecule is CCOCC1(C(=O)N2CC(C)CC(C(=O)O)C2)CC1. The minimum atomic E-state index is -0.793. The van der Waals surface area contributed by atoms with Crippen LogP contribution in [-0.2, 0) is 14.3 Å². The highest BCUT2D eigenvalue weighted by molar-refractivity contribution is 5.86. The summed E-state index contributed by atoms with van der Waals surface area (Å²) < 4.78 is 5.41. The molecule has 1 N–H and O–H groups in total. The number of carbonyl (C=O) groups excluding carboxylic acids is 1. The Morgan fingerprint density at radius 3 is 2.58 bits per heavy atom. The third kappa shape index (κ3) is 3.08. The van der Waals surface area contributed by atoms with Crippen LogP contribution in [0.3, 0.4) is 0 Å². The summed E-state index contributed by atoms with van der Waals surface area (Å²) in [5.41, 5.74) is -0.351. The summed E-state index contributed by atoms with van der Waals surface area (Å²) in [5, 5.41) is 9.15. The van der Waals surface area contributed by atoms with Crippen LogP contribution >= 0.6 is 0 Å². The van der Waals surface area contributed by atoms with Crippen molar-refractivity contribution in [1.82, 2.24) is 4.90 Å². The molecule has 1 saturated heterocycles. The monoisotopic (exact) mass is 269 g/mol. The van der Waals surface area contributed by atoms with Crippen molar-refractivity contribution < 1.29 is 19.4 Å². The van der Waals surface area contributed by atoms with Crippen molar-refractivity contribution in [2.24, 2.45) is 17.3 Å². The Bertz CT molecular complexity index is 364. The lowest BCUT2D eigenvalue weighted by Crippen LogP contribution is -2.49. The van der Waals surface area contributed by atoms with Crippen molar-refractivity contribution in [3.05, 3.63) is 0 Å². The number of ether oxygens (including phenoxy) is 1. The van der Waals surface area contributed by atoms with E-state index in [4.69, 9.17) is 9.84 Å². The number of rotatable bonds is 5. The second-order valence-electron chi connectivity index (χ2n) is 6.00.